The van der Waals surface area contributed by atoms with Crippen LogP contribution in [0.3, 0.4) is 0 Å². The molecule has 1 aliphatic rings. The summed E-state index contributed by atoms with van der Waals surface area (Å²) in [6.07, 6.45) is -0.163. The number of aliphatic hydroxyl groups excluding tert-OH is 1. The van der Waals surface area contributed by atoms with Crippen molar-refractivity contribution in [3.05, 3.63) is 35.9 Å². The Morgan fingerprint density at radius 3 is 2.73 bits per heavy atom. The third-order valence-corrected chi connectivity index (χ3v) is 3.69. The van der Waals surface area contributed by atoms with Gasteiger partial charge in [0.2, 0.25) is 5.91 Å². The molecule has 2 atom stereocenters. The summed E-state index contributed by atoms with van der Waals surface area (Å²) in [5.74, 6) is -0.0626. The third kappa shape index (κ3) is 4.73. The number of ether oxygens (including phenoxy) is 1. The highest BCUT2D eigenvalue weighted by molar-refractivity contribution is 5.77. The highest BCUT2D eigenvalue weighted by atomic mass is 16.5. The summed E-state index contributed by atoms with van der Waals surface area (Å²) in [4.78, 5) is 25.2. The van der Waals surface area contributed by atoms with Crippen molar-refractivity contribution in [2.75, 3.05) is 13.1 Å². The van der Waals surface area contributed by atoms with Gasteiger partial charge in [-0.15, -0.1) is 0 Å². The summed E-state index contributed by atoms with van der Waals surface area (Å²) in [6.45, 7) is 2.72. The lowest BCUT2D eigenvalue weighted by molar-refractivity contribution is -0.131. The number of amides is 2. The third-order valence-electron chi connectivity index (χ3n) is 3.69. The fraction of sp³-hybridized carbons (Fsp3) is 0.500. The van der Waals surface area contributed by atoms with Crippen molar-refractivity contribution in [1.29, 1.82) is 0 Å². The molecule has 1 heterocycles. The fourth-order valence-electron chi connectivity index (χ4n) is 2.54. The number of β-amino-alcohol motifs (C(OH)–C–C–N with tert-alkyl or cyclic N) is 1. The van der Waals surface area contributed by atoms with Crippen LogP contribution in [0.25, 0.3) is 0 Å². The van der Waals surface area contributed by atoms with Gasteiger partial charge in [-0.3, -0.25) is 4.79 Å². The summed E-state index contributed by atoms with van der Waals surface area (Å²) in [7, 11) is 0. The summed E-state index contributed by atoms with van der Waals surface area (Å²) in [5.41, 5.74) is 0.911. The molecule has 2 rings (SSSR count). The lowest BCUT2D eigenvalue weighted by atomic mass is 10.2. The molecule has 1 saturated heterocycles. The Balaban J connectivity index is 1.63. The van der Waals surface area contributed by atoms with E-state index >= 15 is 0 Å². The van der Waals surface area contributed by atoms with Gasteiger partial charge in [-0.2, -0.15) is 0 Å². The smallest absolute Gasteiger partial charge is 0.407 e. The molecule has 0 aliphatic carbocycles. The average molecular weight is 306 g/mol. The molecule has 2 amide bonds. The molecule has 1 aliphatic heterocycles. The molecule has 0 radical (unpaired) electrons. The molecule has 1 aromatic carbocycles. The minimum atomic E-state index is -0.536. The fourth-order valence-corrected chi connectivity index (χ4v) is 2.54. The number of nitrogens with one attached hydrogen (secondary N) is 1. The number of benzene rings is 1. The van der Waals surface area contributed by atoms with E-state index < -0.39 is 12.2 Å². The first-order valence-corrected chi connectivity index (χ1v) is 7.48. The number of alkyl carbamates (subject to hydrolysis) is 1. The zero-order valence-corrected chi connectivity index (χ0v) is 12.7. The van der Waals surface area contributed by atoms with Crippen LogP contribution in [0.5, 0.6) is 0 Å². The van der Waals surface area contributed by atoms with Gasteiger partial charge in [0.1, 0.15) is 6.61 Å². The second kappa shape index (κ2) is 7.79. The number of likely N-dealkylation sites (tertiary alicyclic amines) is 1. The van der Waals surface area contributed by atoms with Crippen molar-refractivity contribution in [2.45, 2.75) is 38.5 Å². The average Bonchev–Trinajstić information content (AvgIpc) is 2.85. The van der Waals surface area contributed by atoms with E-state index in [1.165, 1.54) is 0 Å². The van der Waals surface area contributed by atoms with Gasteiger partial charge in [0.25, 0.3) is 0 Å². The second-order valence-corrected chi connectivity index (χ2v) is 5.52. The standard InChI is InChI=1S/C16H22N2O4/c1-12-9-14(19)10-18(12)15(20)7-8-17-16(21)22-11-13-5-3-2-4-6-13/h2-6,12,14,19H,7-11H2,1H3,(H,17,21)/t12-,14-/m1/s1. The highest BCUT2D eigenvalue weighted by Crippen LogP contribution is 2.17. The number of carbonyl (C=O) groups excluding carboxylic acids is 2. The number of nitrogens with zero attached hydrogens (tertiary/aromatic N) is 1. The maximum absolute atomic E-state index is 12.0. The molecule has 0 spiro atoms. The lowest BCUT2D eigenvalue weighted by Crippen LogP contribution is -2.37. The SMILES string of the molecule is C[C@@H]1C[C@@H](O)CN1C(=O)CCNC(=O)OCc1ccccc1. The van der Waals surface area contributed by atoms with Crippen LogP contribution >= 0.6 is 0 Å². The van der Waals surface area contributed by atoms with E-state index in [-0.39, 0.29) is 31.5 Å². The first-order chi connectivity index (χ1) is 10.6. The first-order valence-electron chi connectivity index (χ1n) is 7.48. The summed E-state index contributed by atoms with van der Waals surface area (Å²) in [6, 6.07) is 9.44. The Morgan fingerprint density at radius 1 is 1.36 bits per heavy atom. The summed E-state index contributed by atoms with van der Waals surface area (Å²) < 4.78 is 5.06. The van der Waals surface area contributed by atoms with E-state index in [0.717, 1.165) is 5.56 Å². The van der Waals surface area contributed by atoms with Gasteiger partial charge in [-0.1, -0.05) is 30.3 Å². The van der Waals surface area contributed by atoms with Crippen molar-refractivity contribution in [1.82, 2.24) is 10.2 Å². The van der Waals surface area contributed by atoms with E-state index in [1.807, 2.05) is 37.3 Å². The van der Waals surface area contributed by atoms with E-state index in [9.17, 15) is 14.7 Å². The highest BCUT2D eigenvalue weighted by Gasteiger charge is 2.30. The van der Waals surface area contributed by atoms with Crippen molar-refractivity contribution in [3.8, 4) is 0 Å². The monoisotopic (exact) mass is 306 g/mol. The molecular formula is C16H22N2O4. The maximum Gasteiger partial charge on any atom is 0.407 e. The molecular weight excluding hydrogens is 284 g/mol. The summed E-state index contributed by atoms with van der Waals surface area (Å²) in [5, 5.41) is 12.1. The van der Waals surface area contributed by atoms with Crippen molar-refractivity contribution in [3.63, 3.8) is 0 Å². The largest absolute Gasteiger partial charge is 0.445 e. The van der Waals surface area contributed by atoms with Crippen molar-refractivity contribution in [2.24, 2.45) is 0 Å². The minimum absolute atomic E-state index is 0.0486. The Hall–Kier alpha value is -2.08. The van der Waals surface area contributed by atoms with Crippen molar-refractivity contribution < 1.29 is 19.4 Å². The van der Waals surface area contributed by atoms with Gasteiger partial charge in [0.15, 0.2) is 0 Å². The molecule has 22 heavy (non-hydrogen) atoms. The molecule has 2 N–H and O–H groups in total. The number of carbonyl (C=O) groups is 2. The normalized spacial score (nSPS) is 20.7. The Morgan fingerprint density at radius 2 is 2.09 bits per heavy atom. The predicted octanol–water partition coefficient (Wildman–Crippen LogP) is 1.28. The Bertz CT molecular complexity index is 506. The summed E-state index contributed by atoms with van der Waals surface area (Å²) >= 11 is 0. The molecule has 0 saturated carbocycles. The van der Waals surface area contributed by atoms with E-state index in [0.29, 0.717) is 13.0 Å². The van der Waals surface area contributed by atoms with Crippen LogP contribution in [0.1, 0.15) is 25.3 Å². The zero-order chi connectivity index (χ0) is 15.9. The first kappa shape index (κ1) is 16.3. The molecule has 0 bridgehead atoms. The minimum Gasteiger partial charge on any atom is -0.445 e. The van der Waals surface area contributed by atoms with Gasteiger partial charge in [-0.05, 0) is 18.9 Å². The number of hydrogen-bond acceptors (Lipinski definition) is 4. The van der Waals surface area contributed by atoms with Gasteiger partial charge in [0.05, 0.1) is 6.10 Å². The Labute approximate surface area is 130 Å². The number of hydrogen-bond donors (Lipinski definition) is 2. The second-order valence-electron chi connectivity index (χ2n) is 5.52. The Kier molecular flexibility index (Phi) is 5.77. The molecule has 120 valence electrons. The van der Waals surface area contributed by atoms with E-state index in [2.05, 4.69) is 5.32 Å². The van der Waals surface area contributed by atoms with Gasteiger partial charge in [0, 0.05) is 25.6 Å². The van der Waals surface area contributed by atoms with Crippen molar-refractivity contribution >= 4 is 12.0 Å². The van der Waals surface area contributed by atoms with Crippen LogP contribution in [-0.4, -0.2) is 47.2 Å². The van der Waals surface area contributed by atoms with Crippen LogP contribution in [0.2, 0.25) is 0 Å². The van der Waals surface area contributed by atoms with E-state index in [4.69, 9.17) is 4.74 Å². The van der Waals surface area contributed by atoms with Gasteiger partial charge >= 0.3 is 6.09 Å². The maximum atomic E-state index is 12.0. The topological polar surface area (TPSA) is 78.9 Å². The van der Waals surface area contributed by atoms with E-state index in [1.54, 1.807) is 4.90 Å². The number of aliphatic hydroxyl groups is 1. The van der Waals surface area contributed by atoms with Crippen LogP contribution in [0.15, 0.2) is 30.3 Å². The predicted molar refractivity (Wildman–Crippen MR) is 81.0 cm³/mol. The molecule has 0 unspecified atom stereocenters. The van der Waals surface area contributed by atoms with Crippen LogP contribution in [-0.2, 0) is 16.1 Å². The molecule has 0 aromatic heterocycles. The quantitative estimate of drug-likeness (QED) is 0.859. The molecule has 1 fully saturated rings. The van der Waals surface area contributed by atoms with Gasteiger partial charge < -0.3 is 20.1 Å². The molecule has 6 heteroatoms. The molecule has 1 aromatic rings. The number of rotatable bonds is 5. The van der Waals surface area contributed by atoms with Crippen LogP contribution in [0, 0.1) is 0 Å². The van der Waals surface area contributed by atoms with Crippen LogP contribution < -0.4 is 5.32 Å². The molecule has 6 nitrogen and oxygen atoms in total. The zero-order valence-electron chi connectivity index (χ0n) is 12.7. The van der Waals surface area contributed by atoms with Gasteiger partial charge in [-0.25, -0.2) is 4.79 Å². The van der Waals surface area contributed by atoms with Crippen LogP contribution in [0.4, 0.5) is 4.79 Å². The lowest BCUT2D eigenvalue weighted by Gasteiger charge is -2.21.